The number of ether oxygens (including phenoxy) is 2. The van der Waals surface area contributed by atoms with Crippen LogP contribution in [0, 0.1) is 0 Å². The van der Waals surface area contributed by atoms with Gasteiger partial charge in [-0.25, -0.2) is 4.98 Å². The standard InChI is InChI=1S/C17H14F3N3O4S/c18-17(19,20)10-4-15(28-7-16(25)23-2-1-21-14(24)6-23)22-11-5-13-12(3-9(10)11)26-8-27-13/h3-5H,1-2,6-8H2,(H,21,24). The van der Waals surface area contributed by atoms with Crippen LogP contribution in [0.4, 0.5) is 13.2 Å². The summed E-state index contributed by atoms with van der Waals surface area (Å²) in [7, 11) is 0. The fourth-order valence-electron chi connectivity index (χ4n) is 2.98. The highest BCUT2D eigenvalue weighted by Crippen LogP contribution is 2.42. The summed E-state index contributed by atoms with van der Waals surface area (Å²) >= 11 is 0.896. The van der Waals surface area contributed by atoms with E-state index in [1.54, 1.807) is 0 Å². The van der Waals surface area contributed by atoms with Crippen molar-refractivity contribution in [3.8, 4) is 11.5 Å². The predicted octanol–water partition coefficient (Wildman–Crippen LogP) is 2.03. The molecule has 0 spiro atoms. The minimum absolute atomic E-state index is 0.0538. The lowest BCUT2D eigenvalue weighted by atomic mass is 10.1. The van der Waals surface area contributed by atoms with Gasteiger partial charge in [0.1, 0.15) is 0 Å². The van der Waals surface area contributed by atoms with E-state index < -0.39 is 11.7 Å². The molecule has 2 aromatic rings. The Morgan fingerprint density at radius 3 is 2.71 bits per heavy atom. The van der Waals surface area contributed by atoms with Gasteiger partial charge in [0.25, 0.3) is 0 Å². The van der Waals surface area contributed by atoms with Gasteiger partial charge in [0.15, 0.2) is 11.5 Å². The third-order valence-electron chi connectivity index (χ3n) is 4.32. The molecule has 2 amide bonds. The van der Waals surface area contributed by atoms with Crippen molar-refractivity contribution in [2.24, 2.45) is 0 Å². The molecule has 1 N–H and O–H groups in total. The van der Waals surface area contributed by atoms with Gasteiger partial charge in [-0.1, -0.05) is 11.8 Å². The van der Waals surface area contributed by atoms with E-state index in [9.17, 15) is 22.8 Å². The number of carbonyl (C=O) groups is 2. The quantitative estimate of drug-likeness (QED) is 0.776. The second-order valence-corrected chi connectivity index (χ2v) is 7.18. The fraction of sp³-hybridized carbons (Fsp3) is 0.353. The van der Waals surface area contributed by atoms with E-state index in [0.717, 1.165) is 17.8 Å². The molecule has 2 aliphatic rings. The maximum atomic E-state index is 13.6. The lowest BCUT2D eigenvalue weighted by molar-refractivity contribution is -0.136. The van der Waals surface area contributed by atoms with E-state index in [1.807, 2.05) is 0 Å². The molecular formula is C17H14F3N3O4S. The van der Waals surface area contributed by atoms with Gasteiger partial charge in [0.2, 0.25) is 18.6 Å². The van der Waals surface area contributed by atoms with Crippen LogP contribution < -0.4 is 14.8 Å². The van der Waals surface area contributed by atoms with Gasteiger partial charge >= 0.3 is 6.18 Å². The predicted molar refractivity (Wildman–Crippen MR) is 93.2 cm³/mol. The number of piperazine rings is 1. The molecule has 1 aromatic carbocycles. The van der Waals surface area contributed by atoms with E-state index in [4.69, 9.17) is 9.47 Å². The smallest absolute Gasteiger partial charge is 0.417 e. The highest BCUT2D eigenvalue weighted by atomic mass is 32.2. The lowest BCUT2D eigenvalue weighted by Crippen LogP contribution is -2.50. The number of hydrogen-bond acceptors (Lipinski definition) is 6. The van der Waals surface area contributed by atoms with Crippen molar-refractivity contribution in [3.63, 3.8) is 0 Å². The van der Waals surface area contributed by atoms with Crippen molar-refractivity contribution >= 4 is 34.5 Å². The molecule has 7 nitrogen and oxygen atoms in total. The molecule has 2 aliphatic heterocycles. The summed E-state index contributed by atoms with van der Waals surface area (Å²) in [6.07, 6.45) is -4.60. The molecular weight excluding hydrogens is 399 g/mol. The van der Waals surface area contributed by atoms with Crippen molar-refractivity contribution in [2.45, 2.75) is 11.2 Å². The van der Waals surface area contributed by atoms with Crippen molar-refractivity contribution in [1.29, 1.82) is 0 Å². The number of aromatic nitrogens is 1. The van der Waals surface area contributed by atoms with Crippen LogP contribution in [-0.4, -0.2) is 53.9 Å². The topological polar surface area (TPSA) is 80.8 Å². The number of thioether (sulfide) groups is 1. The Hall–Kier alpha value is -2.69. The highest BCUT2D eigenvalue weighted by molar-refractivity contribution is 7.99. The van der Waals surface area contributed by atoms with Gasteiger partial charge in [-0.2, -0.15) is 13.2 Å². The van der Waals surface area contributed by atoms with E-state index >= 15 is 0 Å². The van der Waals surface area contributed by atoms with Crippen LogP contribution in [0.5, 0.6) is 11.5 Å². The van der Waals surface area contributed by atoms with Crippen LogP contribution in [0.25, 0.3) is 10.9 Å². The molecule has 0 radical (unpaired) electrons. The van der Waals surface area contributed by atoms with E-state index in [2.05, 4.69) is 10.3 Å². The van der Waals surface area contributed by atoms with Crippen LogP contribution in [-0.2, 0) is 15.8 Å². The summed E-state index contributed by atoms with van der Waals surface area (Å²) in [6, 6.07) is 3.58. The minimum Gasteiger partial charge on any atom is -0.454 e. The Bertz CT molecular complexity index is 967. The first-order valence-corrected chi connectivity index (χ1v) is 9.29. The second-order valence-electron chi connectivity index (χ2n) is 6.18. The van der Waals surface area contributed by atoms with Gasteiger partial charge < -0.3 is 19.7 Å². The summed E-state index contributed by atoms with van der Waals surface area (Å²) in [6.45, 7) is 0.608. The molecule has 0 aliphatic carbocycles. The Balaban J connectivity index is 1.61. The highest BCUT2D eigenvalue weighted by Gasteiger charge is 2.34. The molecule has 3 heterocycles. The zero-order chi connectivity index (χ0) is 19.9. The number of pyridine rings is 1. The first kappa shape index (κ1) is 18.7. The number of rotatable bonds is 3. The molecule has 0 saturated carbocycles. The molecule has 0 unspecified atom stereocenters. The molecule has 1 aromatic heterocycles. The second kappa shape index (κ2) is 7.04. The Morgan fingerprint density at radius 2 is 2.00 bits per heavy atom. The number of fused-ring (bicyclic) bond motifs is 2. The maximum Gasteiger partial charge on any atom is 0.417 e. The van der Waals surface area contributed by atoms with Crippen LogP contribution in [0.15, 0.2) is 23.2 Å². The van der Waals surface area contributed by atoms with E-state index in [0.29, 0.717) is 18.8 Å². The first-order chi connectivity index (χ1) is 13.3. The van der Waals surface area contributed by atoms with Crippen molar-refractivity contribution in [2.75, 3.05) is 32.2 Å². The first-order valence-electron chi connectivity index (χ1n) is 8.30. The van der Waals surface area contributed by atoms with Crippen LogP contribution in [0.3, 0.4) is 0 Å². The molecule has 28 heavy (non-hydrogen) atoms. The number of halogens is 3. The Labute approximate surface area is 161 Å². The molecule has 11 heteroatoms. The van der Waals surface area contributed by atoms with Gasteiger partial charge in [-0.05, 0) is 12.1 Å². The minimum atomic E-state index is -4.60. The number of amides is 2. The van der Waals surface area contributed by atoms with Crippen molar-refractivity contribution < 1.29 is 32.2 Å². The maximum absolute atomic E-state index is 13.6. The van der Waals surface area contributed by atoms with Gasteiger partial charge in [0, 0.05) is 24.5 Å². The molecule has 0 bridgehead atoms. The average Bonchev–Trinajstić information content (AvgIpc) is 3.10. The van der Waals surface area contributed by atoms with Crippen molar-refractivity contribution in [3.05, 3.63) is 23.8 Å². The van der Waals surface area contributed by atoms with E-state index in [1.165, 1.54) is 17.0 Å². The molecule has 1 saturated heterocycles. The summed E-state index contributed by atoms with van der Waals surface area (Å²) < 4.78 is 51.0. The third-order valence-corrected chi connectivity index (χ3v) is 5.22. The van der Waals surface area contributed by atoms with Gasteiger partial charge in [0.05, 0.1) is 28.4 Å². The van der Waals surface area contributed by atoms with Crippen LogP contribution >= 0.6 is 11.8 Å². The SMILES string of the molecule is O=C1CN(C(=O)CSc2cc(C(F)(F)F)c3cc4c(cc3n2)OCO4)CCN1. The Kier molecular flexibility index (Phi) is 4.69. The largest absolute Gasteiger partial charge is 0.454 e. The monoisotopic (exact) mass is 413 g/mol. The zero-order valence-electron chi connectivity index (χ0n) is 14.3. The third kappa shape index (κ3) is 3.66. The number of benzene rings is 1. The van der Waals surface area contributed by atoms with Crippen molar-refractivity contribution in [1.82, 2.24) is 15.2 Å². The molecule has 1 fully saturated rings. The Morgan fingerprint density at radius 1 is 1.25 bits per heavy atom. The number of alkyl halides is 3. The van der Waals surface area contributed by atoms with Crippen LogP contribution in [0.2, 0.25) is 0 Å². The zero-order valence-corrected chi connectivity index (χ0v) is 15.2. The van der Waals surface area contributed by atoms with E-state index in [-0.39, 0.29) is 52.6 Å². The molecule has 0 atom stereocenters. The fourth-order valence-corrected chi connectivity index (χ4v) is 3.80. The molecule has 148 valence electrons. The normalized spacial score (nSPS) is 16.4. The summed E-state index contributed by atoms with van der Waals surface area (Å²) in [5.41, 5.74) is -0.755. The van der Waals surface area contributed by atoms with Gasteiger partial charge in [-0.3, -0.25) is 9.59 Å². The molecule has 4 rings (SSSR count). The summed E-state index contributed by atoms with van der Waals surface area (Å²) in [5, 5.41) is 2.57. The number of carbonyl (C=O) groups excluding carboxylic acids is 2. The lowest BCUT2D eigenvalue weighted by Gasteiger charge is -2.26. The number of nitrogens with one attached hydrogen (secondary N) is 1. The van der Waals surface area contributed by atoms with Gasteiger partial charge in [-0.15, -0.1) is 0 Å². The number of hydrogen-bond donors (Lipinski definition) is 1. The summed E-state index contributed by atoms with van der Waals surface area (Å²) in [4.78, 5) is 29.2. The summed E-state index contributed by atoms with van der Waals surface area (Å²) in [5.74, 6) is -0.150. The van der Waals surface area contributed by atoms with Crippen LogP contribution in [0.1, 0.15) is 5.56 Å². The number of nitrogens with zero attached hydrogens (tertiary/aromatic N) is 2. The average molecular weight is 413 g/mol.